The van der Waals surface area contributed by atoms with Crippen molar-refractivity contribution in [2.24, 2.45) is 0 Å². The van der Waals surface area contributed by atoms with E-state index in [2.05, 4.69) is 5.32 Å². The number of nitrogens with one attached hydrogen (secondary N) is 1. The highest BCUT2D eigenvalue weighted by molar-refractivity contribution is 7.92. The van der Waals surface area contributed by atoms with Crippen molar-refractivity contribution in [2.45, 2.75) is 57.5 Å². The molecule has 4 aromatic rings. The number of halogens is 1. The topological polar surface area (TPSA) is 86.8 Å². The van der Waals surface area contributed by atoms with Gasteiger partial charge in [0.2, 0.25) is 11.8 Å². The number of nitrogens with zero attached hydrogens (tertiary/aromatic N) is 2. The van der Waals surface area contributed by atoms with Crippen LogP contribution in [-0.4, -0.2) is 44.3 Å². The van der Waals surface area contributed by atoms with Crippen molar-refractivity contribution in [3.8, 4) is 0 Å². The van der Waals surface area contributed by atoms with Crippen LogP contribution in [0, 0.1) is 13.8 Å². The van der Waals surface area contributed by atoms with E-state index in [1.165, 1.54) is 17.0 Å². The second kappa shape index (κ2) is 15.7. The number of sulfonamides is 1. The first-order chi connectivity index (χ1) is 21.6. The minimum absolute atomic E-state index is 0.0680. The maximum Gasteiger partial charge on any atom is 0.264 e. The van der Waals surface area contributed by atoms with E-state index in [9.17, 15) is 18.0 Å². The lowest BCUT2D eigenvalue weighted by Gasteiger charge is -2.34. The van der Waals surface area contributed by atoms with Crippen molar-refractivity contribution in [3.05, 3.63) is 130 Å². The third-order valence-corrected chi connectivity index (χ3v) is 9.80. The molecule has 1 N–H and O–H groups in total. The number of amides is 2. The third-order valence-electron chi connectivity index (χ3n) is 7.76. The summed E-state index contributed by atoms with van der Waals surface area (Å²) in [5.74, 6) is -0.799. The lowest BCUT2D eigenvalue weighted by molar-refractivity contribution is -0.140. The molecular formula is C36H40ClN3O4S. The van der Waals surface area contributed by atoms with Gasteiger partial charge in [-0.2, -0.15) is 0 Å². The number of anilines is 1. The van der Waals surface area contributed by atoms with Gasteiger partial charge >= 0.3 is 0 Å². The molecule has 45 heavy (non-hydrogen) atoms. The number of carbonyl (C=O) groups is 2. The van der Waals surface area contributed by atoms with Crippen LogP contribution >= 0.6 is 11.6 Å². The smallest absolute Gasteiger partial charge is 0.264 e. The van der Waals surface area contributed by atoms with Crippen LogP contribution in [0.4, 0.5) is 5.69 Å². The predicted octanol–water partition coefficient (Wildman–Crippen LogP) is 6.71. The molecule has 0 fully saturated rings. The first kappa shape index (κ1) is 33.7. The molecule has 0 aliphatic heterocycles. The lowest BCUT2D eigenvalue weighted by Crippen LogP contribution is -2.53. The number of hydrogen-bond donors (Lipinski definition) is 1. The summed E-state index contributed by atoms with van der Waals surface area (Å²) in [6, 6.07) is 29.1. The van der Waals surface area contributed by atoms with Crippen LogP contribution in [-0.2, 0) is 32.6 Å². The fraction of sp³-hybridized carbons (Fsp3) is 0.278. The summed E-state index contributed by atoms with van der Waals surface area (Å²) in [4.78, 5) is 29.9. The summed E-state index contributed by atoms with van der Waals surface area (Å²) in [7, 11) is -4.15. The minimum Gasteiger partial charge on any atom is -0.354 e. The number of rotatable bonds is 14. The first-order valence-corrected chi connectivity index (χ1v) is 16.9. The highest BCUT2D eigenvalue weighted by Crippen LogP contribution is 2.27. The van der Waals surface area contributed by atoms with E-state index >= 15 is 0 Å². The monoisotopic (exact) mass is 645 g/mol. The molecule has 0 bridgehead atoms. The average Bonchev–Trinajstić information content (AvgIpc) is 3.04. The number of carbonyl (C=O) groups excluding carboxylic acids is 2. The number of unbranched alkanes of at least 4 members (excludes halogenated alkanes) is 1. The summed E-state index contributed by atoms with van der Waals surface area (Å²) in [5, 5.41) is 3.55. The van der Waals surface area contributed by atoms with Crippen LogP contribution in [0.1, 0.15) is 42.0 Å². The van der Waals surface area contributed by atoms with Gasteiger partial charge < -0.3 is 10.2 Å². The normalized spacial score (nSPS) is 11.9. The zero-order chi connectivity index (χ0) is 32.4. The third kappa shape index (κ3) is 8.96. The van der Waals surface area contributed by atoms with Gasteiger partial charge in [-0.15, -0.1) is 0 Å². The van der Waals surface area contributed by atoms with Crippen molar-refractivity contribution in [1.29, 1.82) is 0 Å². The van der Waals surface area contributed by atoms with Gasteiger partial charge in [-0.25, -0.2) is 8.42 Å². The Morgan fingerprint density at radius 2 is 1.47 bits per heavy atom. The summed E-state index contributed by atoms with van der Waals surface area (Å²) in [6.07, 6.45) is 1.96. The Morgan fingerprint density at radius 1 is 0.822 bits per heavy atom. The van der Waals surface area contributed by atoms with E-state index in [-0.39, 0.29) is 23.8 Å². The molecule has 236 valence electrons. The summed E-state index contributed by atoms with van der Waals surface area (Å²) < 4.78 is 29.4. The van der Waals surface area contributed by atoms with Crippen molar-refractivity contribution in [2.75, 3.05) is 17.4 Å². The van der Waals surface area contributed by atoms with Crippen LogP contribution in [0.3, 0.4) is 0 Å². The zero-order valence-corrected chi connectivity index (χ0v) is 27.5. The molecule has 2 amide bonds. The Bertz CT molecular complexity index is 1680. The highest BCUT2D eigenvalue weighted by atomic mass is 35.5. The van der Waals surface area contributed by atoms with Crippen LogP contribution in [0.5, 0.6) is 0 Å². The van der Waals surface area contributed by atoms with Crippen LogP contribution in [0.2, 0.25) is 5.02 Å². The van der Waals surface area contributed by atoms with E-state index in [1.54, 1.807) is 54.6 Å². The zero-order valence-electron chi connectivity index (χ0n) is 25.9. The van der Waals surface area contributed by atoms with E-state index in [0.717, 1.165) is 39.4 Å². The average molecular weight is 646 g/mol. The molecule has 0 aromatic heterocycles. The van der Waals surface area contributed by atoms with E-state index < -0.39 is 28.5 Å². The molecule has 0 heterocycles. The van der Waals surface area contributed by atoms with Gasteiger partial charge in [0.25, 0.3) is 10.0 Å². The molecule has 1 unspecified atom stereocenters. The number of aryl methyl sites for hydroxylation is 2. The Labute approximate surface area is 271 Å². The van der Waals surface area contributed by atoms with Gasteiger partial charge in [0.15, 0.2) is 0 Å². The van der Waals surface area contributed by atoms with Gasteiger partial charge in [-0.3, -0.25) is 13.9 Å². The molecule has 7 nitrogen and oxygen atoms in total. The van der Waals surface area contributed by atoms with Crippen LogP contribution in [0.25, 0.3) is 0 Å². The molecule has 0 aliphatic carbocycles. The summed E-state index contributed by atoms with van der Waals surface area (Å²) in [6.45, 7) is 5.94. The lowest BCUT2D eigenvalue weighted by atomic mass is 10.0. The van der Waals surface area contributed by atoms with Crippen LogP contribution < -0.4 is 9.62 Å². The van der Waals surface area contributed by atoms with Gasteiger partial charge in [0.05, 0.1) is 10.6 Å². The van der Waals surface area contributed by atoms with Crippen molar-refractivity contribution in [1.82, 2.24) is 10.2 Å². The molecule has 4 rings (SSSR count). The van der Waals surface area contributed by atoms with Gasteiger partial charge in [0.1, 0.15) is 12.6 Å². The second-order valence-corrected chi connectivity index (χ2v) is 13.4. The number of hydrogen-bond acceptors (Lipinski definition) is 4. The summed E-state index contributed by atoms with van der Waals surface area (Å²) in [5.41, 5.74) is 3.90. The van der Waals surface area contributed by atoms with Gasteiger partial charge in [0, 0.05) is 24.5 Å². The molecule has 0 spiro atoms. The first-order valence-electron chi connectivity index (χ1n) is 15.1. The standard InChI is InChI=1S/C36H40ClN3O4S/c1-4-5-22-38-36(42)34(24-29-12-8-6-9-13-29)39(25-30-17-19-31(37)20-18-30)35(41)26-40(32-21-16-27(2)28(3)23-32)45(43,44)33-14-10-7-11-15-33/h6-21,23,34H,4-5,22,24-26H2,1-3H3,(H,38,42). The van der Waals surface area contributed by atoms with E-state index in [1.807, 2.05) is 57.2 Å². The molecular weight excluding hydrogens is 606 g/mol. The van der Waals surface area contributed by atoms with Crippen molar-refractivity contribution in [3.63, 3.8) is 0 Å². The minimum atomic E-state index is -4.15. The fourth-order valence-corrected chi connectivity index (χ4v) is 6.53. The van der Waals surface area contributed by atoms with Gasteiger partial charge in [-0.05, 0) is 78.9 Å². The number of benzene rings is 4. The largest absolute Gasteiger partial charge is 0.354 e. The molecule has 4 aromatic carbocycles. The SMILES string of the molecule is CCCCNC(=O)C(Cc1ccccc1)N(Cc1ccc(Cl)cc1)C(=O)CN(c1ccc(C)c(C)c1)S(=O)(=O)c1ccccc1. The maximum absolute atomic E-state index is 14.5. The Morgan fingerprint density at radius 3 is 2.09 bits per heavy atom. The second-order valence-electron chi connectivity index (χ2n) is 11.1. The Balaban J connectivity index is 1.79. The molecule has 0 saturated heterocycles. The molecule has 0 aliphatic rings. The molecule has 0 radical (unpaired) electrons. The van der Waals surface area contributed by atoms with E-state index in [0.29, 0.717) is 17.3 Å². The maximum atomic E-state index is 14.5. The Hall–Kier alpha value is -4.14. The quantitative estimate of drug-likeness (QED) is 0.155. The van der Waals surface area contributed by atoms with E-state index in [4.69, 9.17) is 11.6 Å². The van der Waals surface area contributed by atoms with Gasteiger partial charge in [-0.1, -0.05) is 91.7 Å². The highest BCUT2D eigenvalue weighted by Gasteiger charge is 2.34. The molecule has 1 atom stereocenters. The van der Waals surface area contributed by atoms with Crippen molar-refractivity contribution < 1.29 is 18.0 Å². The molecule has 0 saturated carbocycles. The predicted molar refractivity (Wildman–Crippen MR) is 181 cm³/mol. The van der Waals surface area contributed by atoms with Crippen LogP contribution in [0.15, 0.2) is 108 Å². The van der Waals surface area contributed by atoms with Crippen molar-refractivity contribution >= 4 is 39.1 Å². The Kier molecular flexibility index (Phi) is 11.8. The molecule has 9 heteroatoms. The summed E-state index contributed by atoms with van der Waals surface area (Å²) >= 11 is 6.15. The fourth-order valence-electron chi connectivity index (χ4n) is 4.98.